The van der Waals surface area contributed by atoms with Crippen molar-refractivity contribution in [2.24, 2.45) is 7.05 Å². The second kappa shape index (κ2) is 5.18. The minimum atomic E-state index is -0.480. The first-order valence-corrected chi connectivity index (χ1v) is 5.89. The Kier molecular flexibility index (Phi) is 3.62. The summed E-state index contributed by atoms with van der Waals surface area (Å²) in [5.74, 6) is 1.85. The number of imidazole rings is 1. The van der Waals surface area contributed by atoms with E-state index in [0.717, 1.165) is 17.2 Å². The average molecular weight is 246 g/mol. The Morgan fingerprint density at radius 2 is 2.17 bits per heavy atom. The highest BCUT2D eigenvalue weighted by atomic mass is 16.3. The van der Waals surface area contributed by atoms with Gasteiger partial charge in [-0.3, -0.25) is 0 Å². The summed E-state index contributed by atoms with van der Waals surface area (Å²) in [6, 6.07) is 3.80. The van der Waals surface area contributed by atoms with E-state index in [1.807, 2.05) is 41.9 Å². The van der Waals surface area contributed by atoms with Gasteiger partial charge in [0.2, 0.25) is 0 Å². The first-order chi connectivity index (χ1) is 8.58. The van der Waals surface area contributed by atoms with E-state index in [0.29, 0.717) is 6.54 Å². The second-order valence-electron chi connectivity index (χ2n) is 4.44. The summed E-state index contributed by atoms with van der Waals surface area (Å²) in [6.07, 6.45) is 4.93. The summed E-state index contributed by atoms with van der Waals surface area (Å²) in [5, 5.41) is 9.43. The van der Waals surface area contributed by atoms with Crippen molar-refractivity contribution in [3.63, 3.8) is 0 Å². The van der Waals surface area contributed by atoms with Crippen LogP contribution in [-0.4, -0.2) is 26.7 Å². The molecule has 5 heteroatoms. The minimum Gasteiger partial charge on any atom is -0.389 e. The predicted octanol–water partition coefficient (Wildman–Crippen LogP) is 1.50. The van der Waals surface area contributed by atoms with Crippen molar-refractivity contribution in [3.8, 4) is 0 Å². The van der Waals surface area contributed by atoms with Crippen LogP contribution >= 0.6 is 0 Å². The molecular weight excluding hydrogens is 228 g/mol. The molecule has 0 fully saturated rings. The maximum Gasteiger partial charge on any atom is 0.128 e. The number of rotatable bonds is 4. The van der Waals surface area contributed by atoms with Gasteiger partial charge in [0.1, 0.15) is 11.6 Å². The lowest BCUT2D eigenvalue weighted by Gasteiger charge is -2.18. The summed E-state index contributed by atoms with van der Waals surface area (Å²) in [5.41, 5.74) is 0.823. The standard InChI is InChI=1S/C13H18N4O/c1-10(18)11-4-5-12(15-8-11)17(3)9-13-14-6-7-16(13)2/h4-8,10,18H,9H2,1-3H3. The monoisotopic (exact) mass is 246 g/mol. The van der Waals surface area contributed by atoms with Gasteiger partial charge in [-0.25, -0.2) is 9.97 Å². The molecule has 0 spiro atoms. The molecule has 0 saturated carbocycles. The third-order valence-corrected chi connectivity index (χ3v) is 2.94. The average Bonchev–Trinajstić information content (AvgIpc) is 2.75. The molecule has 0 aliphatic heterocycles. The van der Waals surface area contributed by atoms with E-state index >= 15 is 0 Å². The van der Waals surface area contributed by atoms with E-state index in [9.17, 15) is 5.11 Å². The van der Waals surface area contributed by atoms with E-state index in [-0.39, 0.29) is 0 Å². The molecule has 0 aliphatic rings. The topological polar surface area (TPSA) is 54.2 Å². The lowest BCUT2D eigenvalue weighted by Crippen LogP contribution is -2.20. The Bertz CT molecular complexity index is 504. The van der Waals surface area contributed by atoms with Crippen molar-refractivity contribution in [2.75, 3.05) is 11.9 Å². The fraction of sp³-hybridized carbons (Fsp3) is 0.385. The van der Waals surface area contributed by atoms with Crippen molar-refractivity contribution in [1.82, 2.24) is 14.5 Å². The molecule has 1 atom stereocenters. The van der Waals surface area contributed by atoms with Crippen LogP contribution in [-0.2, 0) is 13.6 Å². The molecule has 18 heavy (non-hydrogen) atoms. The van der Waals surface area contributed by atoms with Gasteiger partial charge in [0.05, 0.1) is 12.6 Å². The highest BCUT2D eigenvalue weighted by Gasteiger charge is 2.08. The van der Waals surface area contributed by atoms with Crippen molar-refractivity contribution in [3.05, 3.63) is 42.1 Å². The molecule has 2 rings (SSSR count). The summed E-state index contributed by atoms with van der Waals surface area (Å²) in [4.78, 5) is 10.6. The molecule has 5 nitrogen and oxygen atoms in total. The Morgan fingerprint density at radius 3 is 2.67 bits per heavy atom. The van der Waals surface area contributed by atoms with Crippen LogP contribution in [0.4, 0.5) is 5.82 Å². The van der Waals surface area contributed by atoms with E-state index < -0.39 is 6.10 Å². The van der Waals surface area contributed by atoms with Crippen molar-refractivity contribution in [1.29, 1.82) is 0 Å². The number of aromatic nitrogens is 3. The summed E-state index contributed by atoms with van der Waals surface area (Å²) in [7, 11) is 3.94. The second-order valence-corrected chi connectivity index (χ2v) is 4.44. The van der Waals surface area contributed by atoms with Crippen LogP contribution in [0, 0.1) is 0 Å². The zero-order chi connectivity index (χ0) is 13.1. The maximum absolute atomic E-state index is 9.43. The van der Waals surface area contributed by atoms with Crippen LogP contribution in [0.2, 0.25) is 0 Å². The normalized spacial score (nSPS) is 12.4. The summed E-state index contributed by atoms with van der Waals surface area (Å²) in [6.45, 7) is 2.43. The molecule has 0 aliphatic carbocycles. The molecule has 2 aromatic heterocycles. The van der Waals surface area contributed by atoms with Gasteiger partial charge in [0, 0.05) is 32.7 Å². The summed E-state index contributed by atoms with van der Waals surface area (Å²) >= 11 is 0. The SMILES string of the molecule is CC(O)c1ccc(N(C)Cc2nccn2C)nc1. The molecule has 1 unspecified atom stereocenters. The van der Waals surface area contributed by atoms with Gasteiger partial charge in [-0.15, -0.1) is 0 Å². The molecular formula is C13H18N4O. The summed E-state index contributed by atoms with van der Waals surface area (Å²) < 4.78 is 1.99. The zero-order valence-electron chi connectivity index (χ0n) is 10.9. The number of anilines is 1. The number of aliphatic hydroxyl groups is 1. The molecule has 0 radical (unpaired) electrons. The van der Waals surface area contributed by atoms with Crippen LogP contribution < -0.4 is 4.90 Å². The Labute approximate surface area is 107 Å². The number of hydrogen-bond acceptors (Lipinski definition) is 4. The Morgan fingerprint density at radius 1 is 1.39 bits per heavy atom. The van der Waals surface area contributed by atoms with Gasteiger partial charge < -0.3 is 14.6 Å². The van der Waals surface area contributed by atoms with Crippen molar-refractivity contribution < 1.29 is 5.11 Å². The Balaban J connectivity index is 2.09. The van der Waals surface area contributed by atoms with Crippen LogP contribution in [0.15, 0.2) is 30.7 Å². The van der Waals surface area contributed by atoms with Gasteiger partial charge in [-0.05, 0) is 18.6 Å². The molecule has 1 N–H and O–H groups in total. The number of aryl methyl sites for hydroxylation is 1. The van der Waals surface area contributed by atoms with Gasteiger partial charge >= 0.3 is 0 Å². The predicted molar refractivity (Wildman–Crippen MR) is 70.2 cm³/mol. The van der Waals surface area contributed by atoms with Gasteiger partial charge in [-0.1, -0.05) is 6.07 Å². The first-order valence-electron chi connectivity index (χ1n) is 5.89. The molecule has 2 aromatic rings. The molecule has 0 saturated heterocycles. The van der Waals surface area contributed by atoms with E-state index in [2.05, 4.69) is 9.97 Å². The largest absolute Gasteiger partial charge is 0.389 e. The Hall–Kier alpha value is -1.88. The maximum atomic E-state index is 9.43. The quantitative estimate of drug-likeness (QED) is 0.888. The van der Waals surface area contributed by atoms with Gasteiger partial charge in [-0.2, -0.15) is 0 Å². The van der Waals surface area contributed by atoms with Crippen molar-refractivity contribution in [2.45, 2.75) is 19.6 Å². The van der Waals surface area contributed by atoms with E-state index in [4.69, 9.17) is 0 Å². The lowest BCUT2D eigenvalue weighted by atomic mass is 10.2. The fourth-order valence-corrected chi connectivity index (χ4v) is 1.71. The number of aliphatic hydroxyl groups excluding tert-OH is 1. The number of nitrogens with zero attached hydrogens (tertiary/aromatic N) is 4. The molecule has 0 aromatic carbocycles. The zero-order valence-corrected chi connectivity index (χ0v) is 10.9. The highest BCUT2D eigenvalue weighted by Crippen LogP contribution is 2.16. The number of hydrogen-bond donors (Lipinski definition) is 1. The molecule has 2 heterocycles. The smallest absolute Gasteiger partial charge is 0.128 e. The molecule has 0 bridgehead atoms. The van der Waals surface area contributed by atoms with E-state index in [1.54, 1.807) is 19.3 Å². The van der Waals surface area contributed by atoms with E-state index in [1.165, 1.54) is 0 Å². The molecule has 96 valence electrons. The van der Waals surface area contributed by atoms with Crippen LogP contribution in [0.5, 0.6) is 0 Å². The van der Waals surface area contributed by atoms with Crippen LogP contribution in [0.3, 0.4) is 0 Å². The van der Waals surface area contributed by atoms with Gasteiger partial charge in [0.25, 0.3) is 0 Å². The highest BCUT2D eigenvalue weighted by molar-refractivity contribution is 5.38. The third kappa shape index (κ3) is 2.68. The van der Waals surface area contributed by atoms with Crippen molar-refractivity contribution >= 4 is 5.82 Å². The molecule has 0 amide bonds. The lowest BCUT2D eigenvalue weighted by molar-refractivity contribution is 0.199. The fourth-order valence-electron chi connectivity index (χ4n) is 1.71. The van der Waals surface area contributed by atoms with Crippen LogP contribution in [0.25, 0.3) is 0 Å². The van der Waals surface area contributed by atoms with Gasteiger partial charge in [0.15, 0.2) is 0 Å². The number of pyridine rings is 1. The van der Waals surface area contributed by atoms with Crippen LogP contribution in [0.1, 0.15) is 24.4 Å². The minimum absolute atomic E-state index is 0.480. The first kappa shape index (κ1) is 12.6. The third-order valence-electron chi connectivity index (χ3n) is 2.94.